The van der Waals surface area contributed by atoms with Gasteiger partial charge >= 0.3 is 0 Å². The van der Waals surface area contributed by atoms with Crippen LogP contribution in [0, 0.1) is 0 Å². The summed E-state index contributed by atoms with van der Waals surface area (Å²) in [5, 5.41) is 0. The summed E-state index contributed by atoms with van der Waals surface area (Å²) in [6.07, 6.45) is 39.1. The van der Waals surface area contributed by atoms with Crippen LogP contribution in [0.5, 0.6) is 0 Å². The van der Waals surface area contributed by atoms with Gasteiger partial charge in [0.25, 0.3) is 0 Å². The van der Waals surface area contributed by atoms with Crippen LogP contribution < -0.4 is 0 Å². The van der Waals surface area contributed by atoms with E-state index in [4.69, 9.17) is 0 Å². The van der Waals surface area contributed by atoms with Gasteiger partial charge in [-0.05, 0) is 89.5 Å². The molecule has 5 aliphatic carbocycles. The summed E-state index contributed by atoms with van der Waals surface area (Å²) < 4.78 is 0. The Hall–Kier alpha value is -1.89. The molecule has 0 aromatic rings. The fourth-order valence-corrected chi connectivity index (χ4v) is 4.13. The lowest BCUT2D eigenvalue weighted by atomic mass is 10.3. The summed E-state index contributed by atoms with van der Waals surface area (Å²) in [5.74, 6) is 0. The number of rotatable bonds is 0. The Balaban J connectivity index is -0.0000000387. The van der Waals surface area contributed by atoms with Gasteiger partial charge in [-0.2, -0.15) is 0 Å². The van der Waals surface area contributed by atoms with E-state index < -0.39 is 0 Å². The maximum absolute atomic E-state index is 3.85. The third kappa shape index (κ3) is 126. The molecule has 3 fully saturated rings. The van der Waals surface area contributed by atoms with Gasteiger partial charge in [0.15, 0.2) is 0 Å². The summed E-state index contributed by atoms with van der Waals surface area (Å²) in [5.41, 5.74) is 4.18. The highest BCUT2D eigenvalue weighted by Crippen LogP contribution is 2.21. The molecule has 0 saturated heterocycles. The lowest BCUT2D eigenvalue weighted by molar-refractivity contribution is 0.886. The van der Waals surface area contributed by atoms with Gasteiger partial charge in [0.1, 0.15) is 0 Å². The van der Waals surface area contributed by atoms with E-state index in [-0.39, 0.29) is 0 Å². The topological polar surface area (TPSA) is 12.4 Å². The van der Waals surface area contributed by atoms with E-state index in [0.29, 0.717) is 0 Å². The quantitative estimate of drug-likeness (QED) is 0.216. The van der Waals surface area contributed by atoms with Crippen molar-refractivity contribution in [2.75, 3.05) is 6.54 Å². The predicted octanol–water partition coefficient (Wildman–Crippen LogP) is 22.7. The Kier molecular flexibility index (Phi) is 200. The number of hydrogen-bond donors (Lipinski definition) is 0. The first kappa shape index (κ1) is 86.8. The molecule has 0 spiro atoms. The Bertz CT molecular complexity index is 581. The van der Waals surface area contributed by atoms with Gasteiger partial charge in [-0.1, -0.05) is 265 Å². The van der Waals surface area contributed by atoms with Crippen molar-refractivity contribution in [3.8, 4) is 0 Å². The zero-order chi connectivity index (χ0) is 47.8. The van der Waals surface area contributed by atoms with Crippen LogP contribution in [0.3, 0.4) is 0 Å². The number of nitrogens with zero attached hydrogens (tertiary/aromatic N) is 1. The van der Waals surface area contributed by atoms with Gasteiger partial charge in [0.05, 0.1) is 6.54 Å². The molecule has 1 heteroatoms. The molecule has 352 valence electrons. The van der Waals surface area contributed by atoms with E-state index in [1.165, 1.54) is 132 Å². The summed E-state index contributed by atoms with van der Waals surface area (Å²) >= 11 is 0. The fourth-order valence-electron chi connectivity index (χ4n) is 4.13. The molecule has 3 saturated carbocycles. The number of aliphatic imine (C=N–C) groups is 1. The SMILES string of the molecule is C1=CCCC1.C1=CCN=C1.C1CCCC1.C=C1C=CCC1.C=C1CCCC1.C=C1CCCC1.CC.CC.CC.CC.CC.CC.CC.CC.CC.CC.CC.CC. The van der Waals surface area contributed by atoms with E-state index in [0.717, 1.165) is 6.54 Å². The smallest absolute Gasteiger partial charge is 0.0573 e. The van der Waals surface area contributed by atoms with Crippen molar-refractivity contribution in [3.05, 3.63) is 72.9 Å². The van der Waals surface area contributed by atoms with E-state index >= 15 is 0 Å². The third-order valence-electron chi connectivity index (χ3n) is 6.30. The molecule has 1 heterocycles. The Morgan fingerprint density at radius 1 is 0.333 bits per heavy atom. The average molecular weight is 811 g/mol. The van der Waals surface area contributed by atoms with Crippen LogP contribution >= 0.6 is 0 Å². The van der Waals surface area contributed by atoms with Crippen molar-refractivity contribution < 1.29 is 0 Å². The summed E-state index contributed by atoms with van der Waals surface area (Å²) in [4.78, 5) is 3.85. The highest BCUT2D eigenvalue weighted by Gasteiger charge is 2.01. The molecular formula is C56H123N. The van der Waals surface area contributed by atoms with Crippen LogP contribution in [0.1, 0.15) is 282 Å². The average Bonchev–Trinajstić information content (AvgIpc) is 4.19. The maximum atomic E-state index is 3.85. The standard InChI is InChI=1S/2C6H10.C6H8.C5H10.C5H8.C4H5N.12C2H6/c3*1-6-4-2-3-5-6;3*1-2-4-5-3-1;12*1-2/h2*1-5H2;2,4H,1,3,5H2;1-5H2;1-2H,3-5H2;1-3H,4H2;12*1-2H3. The maximum Gasteiger partial charge on any atom is 0.0573 e. The first-order chi connectivity index (χ1) is 28.2. The minimum absolute atomic E-state index is 0.889. The molecule has 1 nitrogen and oxygen atoms in total. The highest BCUT2D eigenvalue weighted by molar-refractivity contribution is 5.73. The van der Waals surface area contributed by atoms with E-state index in [1.807, 2.05) is 178 Å². The molecule has 1 aliphatic heterocycles. The van der Waals surface area contributed by atoms with Crippen LogP contribution in [-0.4, -0.2) is 12.8 Å². The van der Waals surface area contributed by atoms with Crippen molar-refractivity contribution >= 4 is 6.21 Å². The van der Waals surface area contributed by atoms with Gasteiger partial charge in [-0.15, -0.1) is 0 Å². The van der Waals surface area contributed by atoms with Gasteiger partial charge in [0.2, 0.25) is 0 Å². The molecule has 0 aromatic heterocycles. The van der Waals surface area contributed by atoms with Gasteiger partial charge < -0.3 is 0 Å². The normalized spacial score (nSPS) is 13.5. The lowest BCUT2D eigenvalue weighted by Gasteiger charge is -1.80. The fraction of sp³-hybridized carbons (Fsp3) is 0.768. The van der Waals surface area contributed by atoms with E-state index in [9.17, 15) is 0 Å². The first-order valence-corrected chi connectivity index (χ1v) is 25.7. The van der Waals surface area contributed by atoms with E-state index in [2.05, 4.69) is 49.0 Å². The second-order valence-electron chi connectivity index (χ2n) is 9.63. The lowest BCUT2D eigenvalue weighted by Crippen LogP contribution is -1.59. The number of allylic oxidation sites excluding steroid dienone is 8. The molecule has 0 amide bonds. The molecule has 0 N–H and O–H groups in total. The van der Waals surface area contributed by atoms with Crippen molar-refractivity contribution in [2.24, 2.45) is 4.99 Å². The van der Waals surface area contributed by atoms with E-state index in [1.54, 1.807) is 6.21 Å². The molecular weight excluding hydrogens is 687 g/mol. The molecule has 57 heavy (non-hydrogen) atoms. The van der Waals surface area contributed by atoms with Crippen LogP contribution in [0.4, 0.5) is 0 Å². The molecule has 0 aromatic carbocycles. The summed E-state index contributed by atoms with van der Waals surface area (Å²) in [7, 11) is 0. The van der Waals surface area contributed by atoms with Crippen LogP contribution in [0.25, 0.3) is 0 Å². The van der Waals surface area contributed by atoms with Crippen LogP contribution in [-0.2, 0) is 0 Å². The zero-order valence-corrected chi connectivity index (χ0v) is 45.5. The van der Waals surface area contributed by atoms with Crippen molar-refractivity contribution in [1.82, 2.24) is 0 Å². The predicted molar refractivity (Wildman–Crippen MR) is 287 cm³/mol. The van der Waals surface area contributed by atoms with Crippen LogP contribution in [0.15, 0.2) is 77.9 Å². The van der Waals surface area contributed by atoms with Crippen LogP contribution in [0.2, 0.25) is 0 Å². The zero-order valence-electron chi connectivity index (χ0n) is 45.5. The first-order valence-electron chi connectivity index (χ1n) is 25.7. The second kappa shape index (κ2) is 131. The van der Waals surface area contributed by atoms with Crippen molar-refractivity contribution in [2.45, 2.75) is 282 Å². The van der Waals surface area contributed by atoms with Crippen molar-refractivity contribution in [1.29, 1.82) is 0 Å². The monoisotopic (exact) mass is 810 g/mol. The second-order valence-corrected chi connectivity index (χ2v) is 9.63. The Labute approximate surface area is 371 Å². The van der Waals surface area contributed by atoms with Gasteiger partial charge in [-0.25, -0.2) is 0 Å². The van der Waals surface area contributed by atoms with Gasteiger partial charge in [0, 0.05) is 6.21 Å². The molecule has 0 atom stereocenters. The van der Waals surface area contributed by atoms with Gasteiger partial charge in [-0.3, -0.25) is 4.99 Å². The Morgan fingerprint density at radius 3 is 0.719 bits per heavy atom. The molecule has 0 radical (unpaired) electrons. The van der Waals surface area contributed by atoms with Crippen molar-refractivity contribution in [3.63, 3.8) is 0 Å². The largest absolute Gasteiger partial charge is 0.289 e. The molecule has 6 rings (SSSR count). The minimum atomic E-state index is 0.889. The minimum Gasteiger partial charge on any atom is -0.289 e. The molecule has 0 unspecified atom stereocenters. The molecule has 0 bridgehead atoms. The summed E-state index contributed by atoms with van der Waals surface area (Å²) in [6.45, 7) is 60.4. The molecule has 6 aliphatic rings. The number of hydrogen-bond acceptors (Lipinski definition) is 1. The summed E-state index contributed by atoms with van der Waals surface area (Å²) in [6, 6.07) is 0. The third-order valence-corrected chi connectivity index (χ3v) is 6.30. The highest BCUT2D eigenvalue weighted by atomic mass is 14.7. The Morgan fingerprint density at radius 2 is 0.632 bits per heavy atom.